The van der Waals surface area contributed by atoms with Crippen molar-refractivity contribution in [3.63, 3.8) is 0 Å². The predicted molar refractivity (Wildman–Crippen MR) is 73.3 cm³/mol. The molecule has 2 N–H and O–H groups in total. The number of carbonyl (C=O) groups excluding carboxylic acids is 1. The molecule has 2 atom stereocenters. The number of piperidine rings is 1. The second-order valence-electron chi connectivity index (χ2n) is 6.70. The lowest BCUT2D eigenvalue weighted by molar-refractivity contribution is -0.147. The maximum Gasteiger partial charge on any atom is 0.325 e. The van der Waals surface area contributed by atoms with Gasteiger partial charge in [-0.3, -0.25) is 4.79 Å². The number of likely N-dealkylation sites (tertiary alicyclic amines) is 1. The lowest BCUT2D eigenvalue weighted by Crippen LogP contribution is -2.53. The van der Waals surface area contributed by atoms with Gasteiger partial charge in [0.2, 0.25) is 0 Å². The summed E-state index contributed by atoms with van der Waals surface area (Å²) in [6.45, 7) is 10.7. The Morgan fingerprint density at radius 3 is 2.67 bits per heavy atom. The Bertz CT molecular complexity index is 300. The minimum absolute atomic E-state index is 0.304. The SMILES string of the molecule is COC(=O)C(C)(N)CC(C)N1CCCC(C)(C)C1. The summed E-state index contributed by atoms with van der Waals surface area (Å²) in [5, 5.41) is 0. The molecule has 0 aromatic rings. The second kappa shape index (κ2) is 5.57. The Labute approximate surface area is 111 Å². The van der Waals surface area contributed by atoms with Gasteiger partial charge in [0.25, 0.3) is 0 Å². The minimum atomic E-state index is -0.893. The van der Waals surface area contributed by atoms with E-state index in [1.165, 1.54) is 20.0 Å². The molecule has 1 aliphatic heterocycles. The van der Waals surface area contributed by atoms with Gasteiger partial charge in [-0.25, -0.2) is 0 Å². The van der Waals surface area contributed by atoms with Crippen LogP contribution in [-0.4, -0.2) is 42.6 Å². The molecular weight excluding hydrogens is 228 g/mol. The van der Waals surface area contributed by atoms with Crippen molar-refractivity contribution in [2.75, 3.05) is 20.2 Å². The average molecular weight is 256 g/mol. The van der Waals surface area contributed by atoms with Gasteiger partial charge in [-0.05, 0) is 45.1 Å². The van der Waals surface area contributed by atoms with Gasteiger partial charge in [0, 0.05) is 12.6 Å². The van der Waals surface area contributed by atoms with Crippen LogP contribution in [0.25, 0.3) is 0 Å². The lowest BCUT2D eigenvalue weighted by Gasteiger charge is -2.42. The van der Waals surface area contributed by atoms with Gasteiger partial charge in [0.15, 0.2) is 0 Å². The van der Waals surface area contributed by atoms with Crippen LogP contribution < -0.4 is 5.73 Å². The third-order valence-electron chi connectivity index (χ3n) is 3.92. The normalized spacial score (nSPS) is 25.2. The van der Waals surface area contributed by atoms with E-state index in [0.717, 1.165) is 13.1 Å². The Morgan fingerprint density at radius 2 is 2.17 bits per heavy atom. The molecule has 0 amide bonds. The maximum atomic E-state index is 11.6. The summed E-state index contributed by atoms with van der Waals surface area (Å²) in [5.41, 5.74) is 5.52. The summed E-state index contributed by atoms with van der Waals surface area (Å²) in [5.74, 6) is -0.328. The van der Waals surface area contributed by atoms with E-state index in [2.05, 4.69) is 25.7 Å². The number of hydrogen-bond donors (Lipinski definition) is 1. The Hall–Kier alpha value is -0.610. The highest BCUT2D eigenvalue weighted by molar-refractivity contribution is 5.79. The molecule has 0 aromatic heterocycles. The van der Waals surface area contributed by atoms with Gasteiger partial charge >= 0.3 is 5.97 Å². The summed E-state index contributed by atoms with van der Waals surface area (Å²) in [6.07, 6.45) is 3.12. The quantitative estimate of drug-likeness (QED) is 0.779. The molecule has 4 nitrogen and oxygen atoms in total. The van der Waals surface area contributed by atoms with E-state index in [4.69, 9.17) is 10.5 Å². The maximum absolute atomic E-state index is 11.6. The standard InChI is InChI=1S/C14H28N2O2/c1-11(9-14(4,15)12(17)18-5)16-8-6-7-13(2,3)10-16/h11H,6-10,15H2,1-5H3. The van der Waals surface area contributed by atoms with E-state index < -0.39 is 5.54 Å². The van der Waals surface area contributed by atoms with Crippen molar-refractivity contribution in [2.45, 2.75) is 58.5 Å². The first kappa shape index (κ1) is 15.4. The molecule has 1 rings (SSSR count). The van der Waals surface area contributed by atoms with Crippen LogP contribution in [0, 0.1) is 5.41 Å². The molecule has 1 heterocycles. The number of hydrogen-bond acceptors (Lipinski definition) is 4. The predicted octanol–water partition coefficient (Wildman–Crippen LogP) is 1.78. The van der Waals surface area contributed by atoms with Crippen molar-refractivity contribution in [1.82, 2.24) is 4.90 Å². The molecule has 0 saturated carbocycles. The summed E-state index contributed by atoms with van der Waals surface area (Å²) >= 11 is 0. The summed E-state index contributed by atoms with van der Waals surface area (Å²) < 4.78 is 4.76. The molecule has 4 heteroatoms. The zero-order chi connectivity index (χ0) is 14.0. The van der Waals surface area contributed by atoms with Crippen molar-refractivity contribution >= 4 is 5.97 Å². The van der Waals surface area contributed by atoms with Crippen molar-refractivity contribution in [2.24, 2.45) is 11.1 Å². The fraction of sp³-hybridized carbons (Fsp3) is 0.929. The molecule has 0 bridgehead atoms. The van der Waals surface area contributed by atoms with E-state index in [9.17, 15) is 4.79 Å². The molecule has 18 heavy (non-hydrogen) atoms. The molecule has 1 fully saturated rings. The highest BCUT2D eigenvalue weighted by Crippen LogP contribution is 2.30. The van der Waals surface area contributed by atoms with Gasteiger partial charge in [0.05, 0.1) is 7.11 Å². The highest BCUT2D eigenvalue weighted by atomic mass is 16.5. The van der Waals surface area contributed by atoms with Crippen LogP contribution in [-0.2, 0) is 9.53 Å². The first-order valence-corrected chi connectivity index (χ1v) is 6.79. The number of nitrogens with zero attached hydrogens (tertiary/aromatic N) is 1. The van der Waals surface area contributed by atoms with Crippen molar-refractivity contribution < 1.29 is 9.53 Å². The number of esters is 1. The first-order valence-electron chi connectivity index (χ1n) is 6.79. The Balaban J connectivity index is 2.60. The van der Waals surface area contributed by atoms with Crippen molar-refractivity contribution in [3.05, 3.63) is 0 Å². The molecule has 2 unspecified atom stereocenters. The van der Waals surface area contributed by atoms with E-state index in [-0.39, 0.29) is 5.97 Å². The van der Waals surface area contributed by atoms with Crippen LogP contribution in [0.2, 0.25) is 0 Å². The zero-order valence-corrected chi connectivity index (χ0v) is 12.5. The van der Waals surface area contributed by atoms with Gasteiger partial charge in [0.1, 0.15) is 5.54 Å². The van der Waals surface area contributed by atoms with Crippen molar-refractivity contribution in [1.29, 1.82) is 0 Å². The smallest absolute Gasteiger partial charge is 0.325 e. The van der Waals surface area contributed by atoms with Crippen molar-refractivity contribution in [3.8, 4) is 0 Å². The minimum Gasteiger partial charge on any atom is -0.468 e. The molecule has 1 aliphatic rings. The summed E-state index contributed by atoms with van der Waals surface area (Å²) in [4.78, 5) is 14.1. The third kappa shape index (κ3) is 3.95. The van der Waals surface area contributed by atoms with Crippen LogP contribution in [0.1, 0.15) is 47.0 Å². The first-order chi connectivity index (χ1) is 8.18. The topological polar surface area (TPSA) is 55.6 Å². The third-order valence-corrected chi connectivity index (χ3v) is 3.92. The monoisotopic (exact) mass is 256 g/mol. The fourth-order valence-electron chi connectivity index (χ4n) is 2.90. The van der Waals surface area contributed by atoms with Crippen LogP contribution in [0.5, 0.6) is 0 Å². The van der Waals surface area contributed by atoms with E-state index in [1.54, 1.807) is 6.92 Å². The van der Waals surface area contributed by atoms with Gasteiger partial charge in [-0.2, -0.15) is 0 Å². The van der Waals surface area contributed by atoms with Crippen LogP contribution >= 0.6 is 0 Å². The van der Waals surface area contributed by atoms with Crippen LogP contribution in [0.15, 0.2) is 0 Å². The molecule has 0 radical (unpaired) electrons. The molecule has 0 aromatic carbocycles. The molecule has 106 valence electrons. The van der Waals surface area contributed by atoms with Gasteiger partial charge < -0.3 is 15.4 Å². The molecule has 0 aliphatic carbocycles. The number of rotatable bonds is 4. The number of ether oxygens (including phenoxy) is 1. The largest absolute Gasteiger partial charge is 0.468 e. The molecule has 0 spiro atoms. The van der Waals surface area contributed by atoms with Crippen LogP contribution in [0.4, 0.5) is 0 Å². The van der Waals surface area contributed by atoms with Crippen LogP contribution in [0.3, 0.4) is 0 Å². The van der Waals surface area contributed by atoms with Gasteiger partial charge in [-0.15, -0.1) is 0 Å². The number of carbonyl (C=O) groups is 1. The van der Waals surface area contributed by atoms with E-state index >= 15 is 0 Å². The molecule has 1 saturated heterocycles. The summed E-state index contributed by atoms with van der Waals surface area (Å²) in [7, 11) is 1.39. The summed E-state index contributed by atoms with van der Waals surface area (Å²) in [6, 6.07) is 0.304. The van der Waals surface area contributed by atoms with E-state index in [1.807, 2.05) is 0 Å². The zero-order valence-electron chi connectivity index (χ0n) is 12.5. The average Bonchev–Trinajstić information content (AvgIpc) is 2.25. The number of nitrogens with two attached hydrogens (primary N) is 1. The van der Waals surface area contributed by atoms with Gasteiger partial charge in [-0.1, -0.05) is 13.8 Å². The number of methoxy groups -OCH3 is 1. The Morgan fingerprint density at radius 1 is 1.56 bits per heavy atom. The van der Waals surface area contributed by atoms with E-state index in [0.29, 0.717) is 17.9 Å². The molecular formula is C14H28N2O2. The Kier molecular flexibility index (Phi) is 4.78. The fourth-order valence-corrected chi connectivity index (χ4v) is 2.90. The second-order valence-corrected chi connectivity index (χ2v) is 6.70. The lowest BCUT2D eigenvalue weighted by atomic mass is 9.82. The highest BCUT2D eigenvalue weighted by Gasteiger charge is 2.35.